The lowest BCUT2D eigenvalue weighted by atomic mass is 9.99. The molecule has 0 aliphatic carbocycles. The third kappa shape index (κ3) is 3.02. The Morgan fingerprint density at radius 2 is 2.05 bits per heavy atom. The molecule has 2 heterocycles. The minimum atomic E-state index is -4.49. The van der Waals surface area contributed by atoms with E-state index in [-0.39, 0.29) is 11.8 Å². The van der Waals surface area contributed by atoms with Crippen molar-refractivity contribution in [1.29, 1.82) is 0 Å². The van der Waals surface area contributed by atoms with Crippen molar-refractivity contribution >= 4 is 11.6 Å². The van der Waals surface area contributed by atoms with Crippen LogP contribution in [0.4, 0.5) is 19.0 Å². The van der Waals surface area contributed by atoms with Gasteiger partial charge in [-0.05, 0) is 38.3 Å². The first kappa shape index (κ1) is 13.8. The van der Waals surface area contributed by atoms with Gasteiger partial charge in [0, 0.05) is 6.54 Å². The van der Waals surface area contributed by atoms with E-state index in [4.69, 9.17) is 0 Å². The maximum absolute atomic E-state index is 12.4. The van der Waals surface area contributed by atoms with Crippen LogP contribution in [0.3, 0.4) is 0 Å². The lowest BCUT2D eigenvalue weighted by Crippen LogP contribution is -2.44. The molecule has 4 nitrogen and oxygen atoms in total. The van der Waals surface area contributed by atoms with Crippen LogP contribution >= 0.6 is 0 Å². The van der Waals surface area contributed by atoms with Crippen molar-refractivity contribution in [2.24, 2.45) is 0 Å². The standard InChI is InChI=1S/C12H14F3N3O/c1-8(19)9-4-2-3-7-18(9)11-6-5-10(16-17-11)12(13,14)15/h5-6,9H,2-4,7H2,1H3. The monoisotopic (exact) mass is 273 g/mol. The van der Waals surface area contributed by atoms with Crippen LogP contribution in [0.2, 0.25) is 0 Å². The summed E-state index contributed by atoms with van der Waals surface area (Å²) in [4.78, 5) is 13.3. The Bertz CT molecular complexity index is 458. The number of rotatable bonds is 2. The second-order valence-corrected chi connectivity index (χ2v) is 4.59. The predicted octanol–water partition coefficient (Wildman–Crippen LogP) is 2.44. The fraction of sp³-hybridized carbons (Fsp3) is 0.583. The Morgan fingerprint density at radius 3 is 2.58 bits per heavy atom. The molecule has 19 heavy (non-hydrogen) atoms. The number of hydrogen-bond donors (Lipinski definition) is 0. The SMILES string of the molecule is CC(=O)C1CCCCN1c1ccc(C(F)(F)F)nn1. The van der Waals surface area contributed by atoms with E-state index < -0.39 is 11.9 Å². The van der Waals surface area contributed by atoms with E-state index in [1.54, 1.807) is 4.90 Å². The van der Waals surface area contributed by atoms with Gasteiger partial charge in [0.2, 0.25) is 0 Å². The highest BCUT2D eigenvalue weighted by atomic mass is 19.4. The summed E-state index contributed by atoms with van der Waals surface area (Å²) in [6, 6.07) is 1.87. The highest BCUT2D eigenvalue weighted by Gasteiger charge is 2.34. The Hall–Kier alpha value is -1.66. The smallest absolute Gasteiger partial charge is 0.345 e. The zero-order chi connectivity index (χ0) is 14.0. The number of carbonyl (C=O) groups is 1. The Morgan fingerprint density at radius 1 is 1.32 bits per heavy atom. The van der Waals surface area contributed by atoms with Crippen LogP contribution in [-0.2, 0) is 11.0 Å². The molecule has 0 N–H and O–H groups in total. The molecule has 1 fully saturated rings. The molecule has 0 amide bonds. The third-order valence-electron chi connectivity index (χ3n) is 3.21. The molecule has 0 saturated carbocycles. The van der Waals surface area contributed by atoms with Crippen LogP contribution in [0.5, 0.6) is 0 Å². The maximum atomic E-state index is 12.4. The van der Waals surface area contributed by atoms with Gasteiger partial charge in [-0.25, -0.2) is 0 Å². The van der Waals surface area contributed by atoms with E-state index >= 15 is 0 Å². The molecule has 1 aromatic rings. The number of hydrogen-bond acceptors (Lipinski definition) is 4. The number of piperidine rings is 1. The van der Waals surface area contributed by atoms with Crippen molar-refractivity contribution in [2.75, 3.05) is 11.4 Å². The van der Waals surface area contributed by atoms with E-state index in [1.807, 2.05) is 0 Å². The topological polar surface area (TPSA) is 46.1 Å². The summed E-state index contributed by atoms with van der Waals surface area (Å²) in [5.74, 6) is 0.328. The normalized spacial score (nSPS) is 20.4. The second kappa shape index (κ2) is 5.14. The van der Waals surface area contributed by atoms with Crippen LogP contribution in [0.1, 0.15) is 31.9 Å². The van der Waals surface area contributed by atoms with Gasteiger partial charge in [-0.3, -0.25) is 4.79 Å². The average Bonchev–Trinajstić information content (AvgIpc) is 2.38. The van der Waals surface area contributed by atoms with Crippen LogP contribution in [-0.4, -0.2) is 28.6 Å². The van der Waals surface area contributed by atoms with E-state index in [0.717, 1.165) is 18.9 Å². The Balaban J connectivity index is 2.23. The summed E-state index contributed by atoms with van der Waals surface area (Å²) in [6.45, 7) is 2.10. The van der Waals surface area contributed by atoms with Crippen molar-refractivity contribution in [3.8, 4) is 0 Å². The van der Waals surface area contributed by atoms with Crippen molar-refractivity contribution in [3.63, 3.8) is 0 Å². The van der Waals surface area contributed by atoms with Crippen LogP contribution < -0.4 is 4.90 Å². The molecule has 7 heteroatoms. The number of carbonyl (C=O) groups excluding carboxylic acids is 1. The zero-order valence-electron chi connectivity index (χ0n) is 10.4. The van der Waals surface area contributed by atoms with Gasteiger partial charge in [0.15, 0.2) is 17.3 Å². The van der Waals surface area contributed by atoms with Gasteiger partial charge in [0.05, 0.1) is 6.04 Å². The number of aromatic nitrogens is 2. The summed E-state index contributed by atoms with van der Waals surface area (Å²) < 4.78 is 37.2. The third-order valence-corrected chi connectivity index (χ3v) is 3.21. The van der Waals surface area contributed by atoms with E-state index in [1.165, 1.54) is 13.0 Å². The molecule has 0 bridgehead atoms. The first-order valence-electron chi connectivity index (χ1n) is 6.07. The number of Topliss-reactive ketones (excluding diaryl/α,β-unsaturated/α-hetero) is 1. The first-order chi connectivity index (χ1) is 8.89. The van der Waals surface area contributed by atoms with Crippen LogP contribution in [0, 0.1) is 0 Å². The van der Waals surface area contributed by atoms with Crippen molar-refractivity contribution in [1.82, 2.24) is 10.2 Å². The summed E-state index contributed by atoms with van der Waals surface area (Å²) in [5, 5.41) is 6.80. The van der Waals surface area contributed by atoms with E-state index in [9.17, 15) is 18.0 Å². The minimum absolute atomic E-state index is 0.00129. The molecule has 1 unspecified atom stereocenters. The Kier molecular flexibility index (Phi) is 3.73. The molecule has 104 valence electrons. The van der Waals surface area contributed by atoms with E-state index in [0.29, 0.717) is 18.8 Å². The molecular weight excluding hydrogens is 259 g/mol. The zero-order valence-corrected chi connectivity index (χ0v) is 10.4. The van der Waals surface area contributed by atoms with Crippen molar-refractivity contribution in [3.05, 3.63) is 17.8 Å². The van der Waals surface area contributed by atoms with Gasteiger partial charge in [-0.15, -0.1) is 10.2 Å². The van der Waals surface area contributed by atoms with Crippen LogP contribution in [0.25, 0.3) is 0 Å². The number of alkyl halides is 3. The second-order valence-electron chi connectivity index (χ2n) is 4.59. The summed E-state index contributed by atoms with van der Waals surface area (Å²) in [5.41, 5.74) is -1.02. The molecule has 1 aromatic heterocycles. The fourth-order valence-electron chi connectivity index (χ4n) is 2.26. The molecule has 1 aliphatic rings. The van der Waals surface area contributed by atoms with Crippen molar-refractivity contribution in [2.45, 2.75) is 38.4 Å². The van der Waals surface area contributed by atoms with Crippen molar-refractivity contribution < 1.29 is 18.0 Å². The first-order valence-corrected chi connectivity index (χ1v) is 6.07. The lowest BCUT2D eigenvalue weighted by Gasteiger charge is -2.34. The van der Waals surface area contributed by atoms with Gasteiger partial charge >= 0.3 is 6.18 Å². The molecular formula is C12H14F3N3O. The minimum Gasteiger partial charge on any atom is -0.345 e. The molecule has 1 aliphatic heterocycles. The number of ketones is 1. The summed E-state index contributed by atoms with van der Waals surface area (Å²) in [7, 11) is 0. The highest BCUT2D eigenvalue weighted by molar-refractivity contribution is 5.84. The molecule has 0 radical (unpaired) electrons. The maximum Gasteiger partial charge on any atom is 0.435 e. The van der Waals surface area contributed by atoms with Gasteiger partial charge in [0.1, 0.15) is 0 Å². The number of anilines is 1. The predicted molar refractivity (Wildman–Crippen MR) is 62.7 cm³/mol. The molecule has 0 spiro atoms. The average molecular weight is 273 g/mol. The van der Waals surface area contributed by atoms with Gasteiger partial charge in [-0.2, -0.15) is 13.2 Å². The highest BCUT2D eigenvalue weighted by Crippen LogP contribution is 2.29. The van der Waals surface area contributed by atoms with Gasteiger partial charge < -0.3 is 4.90 Å². The quantitative estimate of drug-likeness (QED) is 0.830. The Labute approximate surface area is 108 Å². The lowest BCUT2D eigenvalue weighted by molar-refractivity contribution is -0.141. The molecule has 0 aromatic carbocycles. The molecule has 1 atom stereocenters. The summed E-state index contributed by atoms with van der Waals surface area (Å²) in [6.07, 6.45) is -1.95. The summed E-state index contributed by atoms with van der Waals surface area (Å²) >= 11 is 0. The number of halogens is 3. The van der Waals surface area contributed by atoms with Crippen LogP contribution in [0.15, 0.2) is 12.1 Å². The van der Waals surface area contributed by atoms with E-state index in [2.05, 4.69) is 10.2 Å². The van der Waals surface area contributed by atoms with Gasteiger partial charge in [-0.1, -0.05) is 0 Å². The molecule has 2 rings (SSSR count). The molecule has 1 saturated heterocycles. The van der Waals surface area contributed by atoms with Gasteiger partial charge in [0.25, 0.3) is 0 Å². The largest absolute Gasteiger partial charge is 0.435 e. The fourth-order valence-corrected chi connectivity index (χ4v) is 2.26. The number of nitrogens with zero attached hydrogens (tertiary/aromatic N) is 3.